The predicted octanol–water partition coefficient (Wildman–Crippen LogP) is 0.941. The zero-order valence-electron chi connectivity index (χ0n) is 13.0. The van der Waals surface area contributed by atoms with Gasteiger partial charge in [0.2, 0.25) is 0 Å². The maximum absolute atomic E-state index is 11.5. The molecule has 1 rings (SSSR count). The van der Waals surface area contributed by atoms with E-state index in [2.05, 4.69) is 0 Å². The molecule has 0 radical (unpaired) electrons. The summed E-state index contributed by atoms with van der Waals surface area (Å²) in [5, 5.41) is 6.64. The van der Waals surface area contributed by atoms with E-state index in [1.807, 2.05) is 30.3 Å². The van der Waals surface area contributed by atoms with E-state index in [9.17, 15) is 33.8 Å². The van der Waals surface area contributed by atoms with Gasteiger partial charge in [0.05, 0.1) is 6.04 Å². The molecule has 1 unspecified atom stereocenters. The number of rotatable bonds is 8. The maximum atomic E-state index is 11.5. The molecule has 0 aliphatic carbocycles. The molecular weight excluding hydrogens is 344 g/mol. The second kappa shape index (κ2) is 7.55. The fraction of sp³-hybridized carbons (Fsp3) is 0.538. The molecular formula is C13H23NO7P2. The van der Waals surface area contributed by atoms with Gasteiger partial charge >= 0.3 is 15.2 Å². The minimum Gasteiger partial charge on any atom is -0.366 e. The summed E-state index contributed by atoms with van der Waals surface area (Å²) in [6.45, 7) is 1.49. The summed E-state index contributed by atoms with van der Waals surface area (Å²) < 4.78 is 22.9. The molecule has 1 atom stereocenters. The van der Waals surface area contributed by atoms with E-state index in [4.69, 9.17) is 0 Å². The van der Waals surface area contributed by atoms with Crippen molar-refractivity contribution >= 4 is 15.2 Å². The van der Waals surface area contributed by atoms with Gasteiger partial charge in [-0.3, -0.25) is 14.0 Å². The van der Waals surface area contributed by atoms with Crippen LogP contribution < -0.4 is 0 Å². The highest BCUT2D eigenvalue weighted by Crippen LogP contribution is 2.69. The van der Waals surface area contributed by atoms with E-state index in [-0.39, 0.29) is 0 Å². The van der Waals surface area contributed by atoms with E-state index in [1.165, 1.54) is 18.9 Å². The Kier molecular flexibility index (Phi) is 6.73. The molecule has 10 heteroatoms. The molecule has 5 N–H and O–H groups in total. The Labute approximate surface area is 135 Å². The Balaban J connectivity index is 2.79. The van der Waals surface area contributed by atoms with E-state index < -0.39 is 26.3 Å². The fourth-order valence-corrected chi connectivity index (χ4v) is 5.05. The monoisotopic (exact) mass is 367 g/mol. The van der Waals surface area contributed by atoms with Crippen molar-refractivity contribution in [3.63, 3.8) is 0 Å². The topological polar surface area (TPSA) is 139 Å². The fourth-order valence-electron chi connectivity index (χ4n) is 2.32. The molecule has 0 aliphatic heterocycles. The first-order valence-corrected chi connectivity index (χ1v) is 10.2. The van der Waals surface area contributed by atoms with Crippen LogP contribution in [-0.4, -0.2) is 54.3 Å². The van der Waals surface area contributed by atoms with E-state index >= 15 is 0 Å². The van der Waals surface area contributed by atoms with E-state index in [1.54, 1.807) is 0 Å². The van der Waals surface area contributed by atoms with Gasteiger partial charge in [0, 0.05) is 0 Å². The minimum absolute atomic E-state index is 0.304. The van der Waals surface area contributed by atoms with Gasteiger partial charge < -0.3 is 24.7 Å². The van der Waals surface area contributed by atoms with Crippen LogP contribution in [0.2, 0.25) is 0 Å². The van der Waals surface area contributed by atoms with Crippen molar-refractivity contribution in [2.24, 2.45) is 0 Å². The molecule has 0 aromatic heterocycles. The van der Waals surface area contributed by atoms with E-state index in [0.717, 1.165) is 5.56 Å². The van der Waals surface area contributed by atoms with Crippen molar-refractivity contribution < 1.29 is 33.8 Å². The number of hydrogen-bond donors (Lipinski definition) is 5. The molecule has 1 aromatic rings. The smallest absolute Gasteiger partial charge is 0.366 e. The summed E-state index contributed by atoms with van der Waals surface area (Å²) in [4.78, 5) is 38.3. The second-order valence-corrected chi connectivity index (χ2v) is 9.41. The van der Waals surface area contributed by atoms with Gasteiger partial charge in [-0.15, -0.1) is 0 Å². The Hall–Kier alpha value is -0.560. The largest absolute Gasteiger partial charge is 0.371 e. The van der Waals surface area contributed by atoms with Gasteiger partial charge in [0.1, 0.15) is 0 Å². The summed E-state index contributed by atoms with van der Waals surface area (Å²) in [6.07, 6.45) is 1.30. The Morgan fingerprint density at radius 2 is 1.57 bits per heavy atom. The van der Waals surface area contributed by atoms with E-state index in [0.29, 0.717) is 19.4 Å². The molecule has 1 aromatic carbocycles. The maximum Gasteiger partial charge on any atom is 0.371 e. The zero-order chi connectivity index (χ0) is 17.9. The van der Waals surface area contributed by atoms with Gasteiger partial charge in [0.25, 0.3) is 5.08 Å². The average Bonchev–Trinajstić information content (AvgIpc) is 2.44. The van der Waals surface area contributed by atoms with Gasteiger partial charge in [-0.25, -0.2) is 0 Å². The number of hydrogen-bond acceptors (Lipinski definition) is 4. The number of likely N-dealkylation sites (N-methyl/N-ethyl adjacent to an activating group) is 1. The van der Waals surface area contributed by atoms with Crippen LogP contribution >= 0.6 is 15.2 Å². The molecule has 0 fully saturated rings. The summed E-state index contributed by atoms with van der Waals surface area (Å²) in [5.74, 6) is 0. The van der Waals surface area contributed by atoms with Crippen LogP contribution in [0.1, 0.15) is 18.9 Å². The molecule has 23 heavy (non-hydrogen) atoms. The van der Waals surface area contributed by atoms with Gasteiger partial charge in [-0.05, 0) is 38.9 Å². The molecule has 0 saturated heterocycles. The third kappa shape index (κ3) is 4.72. The van der Waals surface area contributed by atoms with Gasteiger partial charge in [-0.1, -0.05) is 30.3 Å². The summed E-state index contributed by atoms with van der Waals surface area (Å²) >= 11 is 0. The number of nitrogens with zero attached hydrogens (tertiary/aromatic N) is 1. The lowest BCUT2D eigenvalue weighted by Gasteiger charge is -2.39. The lowest BCUT2D eigenvalue weighted by atomic mass is 10.1. The van der Waals surface area contributed by atoms with Crippen LogP contribution in [-0.2, 0) is 15.6 Å². The first-order chi connectivity index (χ1) is 10.4. The molecule has 0 aliphatic rings. The molecule has 0 spiro atoms. The lowest BCUT2D eigenvalue weighted by Crippen LogP contribution is -2.49. The van der Waals surface area contributed by atoms with Crippen LogP contribution in [0.25, 0.3) is 0 Å². The highest BCUT2D eigenvalue weighted by molar-refractivity contribution is 7.72. The normalized spacial score (nSPS) is 15.0. The third-order valence-electron chi connectivity index (χ3n) is 3.90. The van der Waals surface area contributed by atoms with Crippen molar-refractivity contribution in [3.05, 3.63) is 35.9 Å². The van der Waals surface area contributed by atoms with Crippen molar-refractivity contribution in [2.75, 3.05) is 13.6 Å². The highest BCUT2D eigenvalue weighted by Gasteiger charge is 2.63. The molecule has 0 amide bonds. The second-order valence-electron chi connectivity index (χ2n) is 5.52. The number of aliphatic hydroxyl groups is 1. The molecule has 0 heterocycles. The zero-order valence-corrected chi connectivity index (χ0v) is 14.8. The molecule has 132 valence electrons. The van der Waals surface area contributed by atoms with Crippen molar-refractivity contribution in [3.8, 4) is 0 Å². The molecule has 0 bridgehead atoms. The Morgan fingerprint density at radius 1 is 1.09 bits per heavy atom. The van der Waals surface area contributed by atoms with Crippen LogP contribution in [0, 0.1) is 0 Å². The Morgan fingerprint density at radius 3 is 2.00 bits per heavy atom. The van der Waals surface area contributed by atoms with Crippen LogP contribution in [0.15, 0.2) is 30.3 Å². The number of benzene rings is 1. The predicted molar refractivity (Wildman–Crippen MR) is 85.9 cm³/mol. The molecule has 8 nitrogen and oxygen atoms in total. The van der Waals surface area contributed by atoms with Gasteiger partial charge in [0.15, 0.2) is 0 Å². The van der Waals surface area contributed by atoms with Crippen LogP contribution in [0.4, 0.5) is 0 Å². The van der Waals surface area contributed by atoms with Crippen molar-refractivity contribution in [2.45, 2.75) is 30.9 Å². The standard InChI is InChI=1S/C13H23NO7P2/c1-11(13(15,22(16,17)18)23(19,20)21)14(2)10-6-9-12-7-4-3-5-8-12/h3-5,7-8,11,15H,6,9-10H2,1-2H3,(H2,16,17,18)(H2,19,20,21). The average molecular weight is 367 g/mol. The number of aryl methyl sites for hydroxylation is 1. The summed E-state index contributed by atoms with van der Waals surface area (Å²) in [7, 11) is -9.47. The quantitative estimate of drug-likeness (QED) is 0.428. The van der Waals surface area contributed by atoms with Gasteiger partial charge in [-0.2, -0.15) is 0 Å². The van der Waals surface area contributed by atoms with Crippen molar-refractivity contribution in [1.82, 2.24) is 4.90 Å². The first-order valence-electron chi connectivity index (χ1n) is 6.99. The third-order valence-corrected chi connectivity index (χ3v) is 7.92. The van der Waals surface area contributed by atoms with Crippen LogP contribution in [0.3, 0.4) is 0 Å². The van der Waals surface area contributed by atoms with Crippen LogP contribution in [0.5, 0.6) is 0 Å². The summed E-state index contributed by atoms with van der Waals surface area (Å²) in [5.41, 5.74) is 1.08. The summed E-state index contributed by atoms with van der Waals surface area (Å²) in [6, 6.07) is 8.11. The lowest BCUT2D eigenvalue weighted by molar-refractivity contribution is 0.0526. The SMILES string of the molecule is CC(N(C)CCCc1ccccc1)C(O)(P(=O)(O)O)P(=O)(O)O. The highest BCUT2D eigenvalue weighted by atomic mass is 31.2. The Bertz CT molecular complexity index is 576. The first kappa shape index (κ1) is 20.5. The molecule has 0 saturated carbocycles. The van der Waals surface area contributed by atoms with Crippen molar-refractivity contribution in [1.29, 1.82) is 0 Å². The minimum atomic E-state index is -5.46.